The van der Waals surface area contributed by atoms with E-state index in [0.717, 1.165) is 12.7 Å². The second-order valence-corrected chi connectivity index (χ2v) is 8.85. The minimum atomic E-state index is -3.58. The van der Waals surface area contributed by atoms with Crippen molar-refractivity contribution in [3.63, 3.8) is 0 Å². The molecule has 0 radical (unpaired) electrons. The summed E-state index contributed by atoms with van der Waals surface area (Å²) in [6, 6.07) is 19.6. The minimum Gasteiger partial charge on any atom is -0.322 e. The van der Waals surface area contributed by atoms with Crippen LogP contribution in [0.3, 0.4) is 0 Å². The van der Waals surface area contributed by atoms with Crippen molar-refractivity contribution in [1.29, 1.82) is 0 Å². The van der Waals surface area contributed by atoms with Crippen LogP contribution in [0.1, 0.15) is 28.4 Å². The van der Waals surface area contributed by atoms with Gasteiger partial charge in [-0.3, -0.25) is 9.10 Å². The molecule has 1 N–H and O–H groups in total. The molecule has 0 aliphatic carbocycles. The molecule has 30 heavy (non-hydrogen) atoms. The molecule has 5 nitrogen and oxygen atoms in total. The van der Waals surface area contributed by atoms with Gasteiger partial charge in [0.2, 0.25) is 10.0 Å². The normalized spacial score (nSPS) is 11.2. The molecule has 0 atom stereocenters. The van der Waals surface area contributed by atoms with Crippen LogP contribution in [0.2, 0.25) is 0 Å². The molecule has 0 aliphatic rings. The Morgan fingerprint density at radius 3 is 2.00 bits per heavy atom. The molecule has 0 spiro atoms. The predicted octanol–water partition coefficient (Wildman–Crippen LogP) is 4.61. The van der Waals surface area contributed by atoms with Crippen LogP contribution in [0.4, 0.5) is 15.8 Å². The second kappa shape index (κ2) is 9.09. The zero-order chi connectivity index (χ0) is 21.7. The van der Waals surface area contributed by atoms with Gasteiger partial charge in [0.25, 0.3) is 5.91 Å². The zero-order valence-corrected chi connectivity index (χ0v) is 17.6. The molecule has 156 valence electrons. The van der Waals surface area contributed by atoms with Gasteiger partial charge in [-0.1, -0.05) is 31.2 Å². The first-order valence-electron chi connectivity index (χ1n) is 9.49. The summed E-state index contributed by atoms with van der Waals surface area (Å²) in [6.07, 6.45) is 2.03. The van der Waals surface area contributed by atoms with E-state index in [4.69, 9.17) is 0 Å². The quantitative estimate of drug-likeness (QED) is 0.600. The number of anilines is 2. The Morgan fingerprint density at radius 2 is 1.47 bits per heavy atom. The molecular formula is C23H23FN2O3S. The smallest absolute Gasteiger partial charge is 0.255 e. The Balaban J connectivity index is 1.77. The third-order valence-corrected chi connectivity index (χ3v) is 5.82. The van der Waals surface area contributed by atoms with Gasteiger partial charge >= 0.3 is 0 Å². The van der Waals surface area contributed by atoms with E-state index in [-0.39, 0.29) is 18.3 Å². The van der Waals surface area contributed by atoms with Crippen molar-refractivity contribution >= 4 is 27.3 Å². The first kappa shape index (κ1) is 21.5. The van der Waals surface area contributed by atoms with Crippen LogP contribution in [0.15, 0.2) is 72.8 Å². The molecule has 3 aromatic rings. The highest BCUT2D eigenvalue weighted by molar-refractivity contribution is 7.92. The average molecular weight is 427 g/mol. The topological polar surface area (TPSA) is 66.5 Å². The van der Waals surface area contributed by atoms with Gasteiger partial charge in [-0.2, -0.15) is 0 Å². The van der Waals surface area contributed by atoms with E-state index < -0.39 is 10.0 Å². The van der Waals surface area contributed by atoms with Crippen LogP contribution in [-0.2, 0) is 23.0 Å². The minimum absolute atomic E-state index is 0.0639. The van der Waals surface area contributed by atoms with Crippen LogP contribution in [0, 0.1) is 5.82 Å². The first-order chi connectivity index (χ1) is 14.3. The fraction of sp³-hybridized carbons (Fsp3) is 0.174. The summed E-state index contributed by atoms with van der Waals surface area (Å²) in [5.74, 6) is -0.667. The fourth-order valence-corrected chi connectivity index (χ4v) is 3.85. The Hall–Kier alpha value is -3.19. The number of benzene rings is 3. The lowest BCUT2D eigenvalue weighted by atomic mass is 10.1. The van der Waals surface area contributed by atoms with Gasteiger partial charge in [0.15, 0.2) is 0 Å². The third kappa shape index (κ3) is 5.45. The van der Waals surface area contributed by atoms with Crippen molar-refractivity contribution < 1.29 is 17.6 Å². The van der Waals surface area contributed by atoms with E-state index in [1.165, 1.54) is 22.0 Å². The maximum atomic E-state index is 13.1. The van der Waals surface area contributed by atoms with Crippen LogP contribution in [-0.4, -0.2) is 20.6 Å². The average Bonchev–Trinajstić information content (AvgIpc) is 2.73. The van der Waals surface area contributed by atoms with Crippen molar-refractivity contribution in [1.82, 2.24) is 0 Å². The van der Waals surface area contributed by atoms with Crippen LogP contribution in [0.5, 0.6) is 0 Å². The summed E-state index contributed by atoms with van der Waals surface area (Å²) in [5.41, 5.74) is 3.35. The van der Waals surface area contributed by atoms with E-state index >= 15 is 0 Å². The molecule has 7 heteroatoms. The van der Waals surface area contributed by atoms with Gasteiger partial charge in [0, 0.05) is 11.3 Å². The van der Waals surface area contributed by atoms with Crippen molar-refractivity contribution in [3.8, 4) is 0 Å². The van der Waals surface area contributed by atoms with E-state index in [1.807, 2.05) is 24.3 Å². The predicted molar refractivity (Wildman–Crippen MR) is 118 cm³/mol. The van der Waals surface area contributed by atoms with Crippen molar-refractivity contribution in [2.24, 2.45) is 0 Å². The van der Waals surface area contributed by atoms with Gasteiger partial charge in [0.1, 0.15) is 5.82 Å². The number of halogens is 1. The summed E-state index contributed by atoms with van der Waals surface area (Å²) in [4.78, 5) is 12.5. The van der Waals surface area contributed by atoms with Gasteiger partial charge < -0.3 is 5.32 Å². The van der Waals surface area contributed by atoms with Crippen molar-refractivity contribution in [2.45, 2.75) is 19.9 Å². The monoisotopic (exact) mass is 426 g/mol. The molecule has 0 saturated carbocycles. The van der Waals surface area contributed by atoms with Crippen molar-refractivity contribution in [3.05, 3.63) is 95.3 Å². The molecular weight excluding hydrogens is 403 g/mol. The van der Waals surface area contributed by atoms with Crippen LogP contribution >= 0.6 is 0 Å². The Morgan fingerprint density at radius 1 is 0.900 bits per heavy atom. The highest BCUT2D eigenvalue weighted by Crippen LogP contribution is 2.22. The summed E-state index contributed by atoms with van der Waals surface area (Å²) >= 11 is 0. The van der Waals surface area contributed by atoms with E-state index in [2.05, 4.69) is 12.2 Å². The number of amides is 1. The fourth-order valence-electron chi connectivity index (χ4n) is 2.96. The highest BCUT2D eigenvalue weighted by atomic mass is 32.2. The molecule has 3 aromatic carbocycles. The Kier molecular flexibility index (Phi) is 6.52. The molecule has 3 rings (SSSR count). The Labute approximate surface area is 176 Å². The Bertz CT molecular complexity index is 1110. The van der Waals surface area contributed by atoms with Crippen LogP contribution < -0.4 is 9.62 Å². The molecule has 0 heterocycles. The number of nitrogens with one attached hydrogen (secondary N) is 1. The number of hydrogen-bond acceptors (Lipinski definition) is 3. The van der Waals surface area contributed by atoms with Gasteiger partial charge in [-0.05, 0) is 66.1 Å². The maximum absolute atomic E-state index is 13.1. The molecule has 0 unspecified atom stereocenters. The molecule has 1 amide bonds. The molecule has 0 aromatic heterocycles. The first-order valence-corrected chi connectivity index (χ1v) is 11.3. The molecule has 0 aliphatic heterocycles. The van der Waals surface area contributed by atoms with Gasteiger partial charge in [-0.25, -0.2) is 12.8 Å². The number of sulfonamides is 1. The number of nitrogens with zero attached hydrogens (tertiary/aromatic N) is 1. The maximum Gasteiger partial charge on any atom is 0.255 e. The lowest BCUT2D eigenvalue weighted by molar-refractivity contribution is 0.102. The lowest BCUT2D eigenvalue weighted by Gasteiger charge is -2.22. The number of carbonyl (C=O) groups is 1. The number of hydrogen-bond donors (Lipinski definition) is 1. The highest BCUT2D eigenvalue weighted by Gasteiger charge is 2.18. The SMILES string of the molecule is CCc1ccc(NC(=O)c2ccc(N(Cc3ccc(F)cc3)S(C)(=O)=O)cc2)cc1. The van der Waals surface area contributed by atoms with E-state index in [1.54, 1.807) is 36.4 Å². The molecule has 0 fully saturated rings. The van der Waals surface area contributed by atoms with Crippen molar-refractivity contribution in [2.75, 3.05) is 15.9 Å². The van der Waals surface area contributed by atoms with Gasteiger partial charge in [-0.15, -0.1) is 0 Å². The number of aryl methyl sites for hydroxylation is 1. The zero-order valence-electron chi connectivity index (χ0n) is 16.8. The van der Waals surface area contributed by atoms with Crippen LogP contribution in [0.25, 0.3) is 0 Å². The summed E-state index contributed by atoms with van der Waals surface area (Å²) in [6.45, 7) is 2.12. The third-order valence-electron chi connectivity index (χ3n) is 4.68. The van der Waals surface area contributed by atoms with Gasteiger partial charge in [0.05, 0.1) is 18.5 Å². The standard InChI is InChI=1S/C23H23FN2O3S/c1-3-17-6-12-21(13-7-17)25-23(27)19-8-14-22(15-9-19)26(30(2,28)29)16-18-4-10-20(24)11-5-18/h4-15H,3,16H2,1-2H3,(H,25,27). The lowest BCUT2D eigenvalue weighted by Crippen LogP contribution is -2.29. The summed E-state index contributed by atoms with van der Waals surface area (Å²) in [5, 5.41) is 2.83. The largest absolute Gasteiger partial charge is 0.322 e. The summed E-state index contributed by atoms with van der Waals surface area (Å²) < 4.78 is 38.9. The van der Waals surface area contributed by atoms with E-state index in [9.17, 15) is 17.6 Å². The molecule has 0 saturated heterocycles. The second-order valence-electron chi connectivity index (χ2n) is 6.95. The van der Waals surface area contributed by atoms with E-state index in [0.29, 0.717) is 22.5 Å². The molecule has 0 bridgehead atoms. The summed E-state index contributed by atoms with van der Waals surface area (Å²) in [7, 11) is -3.58. The number of carbonyl (C=O) groups excluding carboxylic acids is 1. The number of rotatable bonds is 7.